The van der Waals surface area contributed by atoms with Gasteiger partial charge in [0.1, 0.15) is 0 Å². The van der Waals surface area contributed by atoms with E-state index in [-0.39, 0.29) is 5.69 Å². The van der Waals surface area contributed by atoms with Gasteiger partial charge in [0, 0.05) is 40.8 Å². The van der Waals surface area contributed by atoms with Crippen LogP contribution in [0.25, 0.3) is 10.9 Å². The topological polar surface area (TPSA) is 99.5 Å². The Morgan fingerprint density at radius 1 is 1.25 bits per heavy atom. The number of aromatic amines is 1. The van der Waals surface area contributed by atoms with Gasteiger partial charge in [0.2, 0.25) is 0 Å². The van der Waals surface area contributed by atoms with E-state index >= 15 is 0 Å². The fourth-order valence-corrected chi connectivity index (χ4v) is 3.34. The van der Waals surface area contributed by atoms with Gasteiger partial charge in [-0.1, -0.05) is 23.9 Å². The van der Waals surface area contributed by atoms with Gasteiger partial charge in [-0.3, -0.25) is 15.0 Å². The highest BCUT2D eigenvalue weighted by Crippen LogP contribution is 2.38. The van der Waals surface area contributed by atoms with Crippen molar-refractivity contribution >= 4 is 40.1 Å². The van der Waals surface area contributed by atoms with Crippen LogP contribution in [-0.4, -0.2) is 28.2 Å². The zero-order valence-corrected chi connectivity index (χ0v) is 13.4. The van der Waals surface area contributed by atoms with Crippen LogP contribution < -0.4 is 4.90 Å². The van der Waals surface area contributed by atoms with Crippen LogP contribution in [0.1, 0.15) is 0 Å². The van der Waals surface area contributed by atoms with Crippen molar-refractivity contribution in [3.8, 4) is 0 Å². The Kier molecular flexibility index (Phi) is 4.13. The minimum Gasteiger partial charge on any atom is -0.465 e. The third-order valence-corrected chi connectivity index (χ3v) is 4.71. The minimum absolute atomic E-state index is 0.0547. The van der Waals surface area contributed by atoms with Crippen LogP contribution in [-0.2, 0) is 0 Å². The highest BCUT2D eigenvalue weighted by molar-refractivity contribution is 7.99. The molecule has 0 aliphatic heterocycles. The molecule has 122 valence electrons. The predicted molar refractivity (Wildman–Crippen MR) is 91.9 cm³/mol. The summed E-state index contributed by atoms with van der Waals surface area (Å²) in [5.41, 5.74) is 1.36. The van der Waals surface area contributed by atoms with Crippen molar-refractivity contribution in [3.63, 3.8) is 0 Å². The second kappa shape index (κ2) is 6.25. The first-order valence-electron chi connectivity index (χ1n) is 6.96. The Morgan fingerprint density at radius 3 is 2.71 bits per heavy atom. The van der Waals surface area contributed by atoms with E-state index in [1.165, 1.54) is 24.9 Å². The zero-order valence-electron chi connectivity index (χ0n) is 12.6. The van der Waals surface area contributed by atoms with E-state index in [1.807, 2.05) is 0 Å². The van der Waals surface area contributed by atoms with Gasteiger partial charge in [-0.15, -0.1) is 0 Å². The maximum Gasteiger partial charge on any atom is 0.411 e. The third-order valence-electron chi connectivity index (χ3n) is 3.58. The van der Waals surface area contributed by atoms with Crippen LogP contribution in [0.15, 0.2) is 58.5 Å². The molecule has 3 rings (SSSR count). The molecular formula is C16H13N3O4S. The summed E-state index contributed by atoms with van der Waals surface area (Å²) >= 11 is 1.30. The average Bonchev–Trinajstić information content (AvgIpc) is 2.96. The molecule has 0 spiro atoms. The zero-order chi connectivity index (χ0) is 17.3. The van der Waals surface area contributed by atoms with Crippen LogP contribution >= 0.6 is 11.8 Å². The highest BCUT2D eigenvalue weighted by Gasteiger charge is 2.16. The number of nitro benzene ring substituents is 1. The number of anilines is 1. The number of benzene rings is 2. The average molecular weight is 343 g/mol. The molecule has 24 heavy (non-hydrogen) atoms. The molecule has 0 saturated carbocycles. The van der Waals surface area contributed by atoms with Gasteiger partial charge in [0.05, 0.1) is 9.82 Å². The lowest BCUT2D eigenvalue weighted by atomic mass is 10.2. The number of amides is 1. The summed E-state index contributed by atoms with van der Waals surface area (Å²) in [6.07, 6.45) is 0.715. The van der Waals surface area contributed by atoms with Crippen molar-refractivity contribution < 1.29 is 14.8 Å². The van der Waals surface area contributed by atoms with Crippen LogP contribution in [0.5, 0.6) is 0 Å². The maximum absolute atomic E-state index is 11.1. The van der Waals surface area contributed by atoms with Crippen molar-refractivity contribution in [2.75, 3.05) is 11.9 Å². The van der Waals surface area contributed by atoms with Gasteiger partial charge >= 0.3 is 6.09 Å². The van der Waals surface area contributed by atoms with E-state index in [0.29, 0.717) is 10.6 Å². The summed E-state index contributed by atoms with van der Waals surface area (Å²) in [6.45, 7) is 0. The predicted octanol–water partition coefficient (Wildman–Crippen LogP) is 4.34. The normalized spacial score (nSPS) is 10.7. The summed E-state index contributed by atoms with van der Waals surface area (Å²) in [6, 6.07) is 11.8. The fraction of sp³-hybridized carbons (Fsp3) is 0.0625. The van der Waals surface area contributed by atoms with Gasteiger partial charge < -0.3 is 10.1 Å². The number of nitrogens with one attached hydrogen (secondary N) is 1. The quantitative estimate of drug-likeness (QED) is 0.542. The molecule has 0 unspecified atom stereocenters. The van der Waals surface area contributed by atoms with Crippen LogP contribution in [0, 0.1) is 10.1 Å². The molecule has 1 amide bonds. The van der Waals surface area contributed by atoms with Crippen molar-refractivity contribution in [1.82, 2.24) is 4.98 Å². The van der Waals surface area contributed by atoms with Gasteiger partial charge in [0.15, 0.2) is 0 Å². The summed E-state index contributed by atoms with van der Waals surface area (Å²) in [7, 11) is 1.47. The van der Waals surface area contributed by atoms with E-state index in [4.69, 9.17) is 5.11 Å². The van der Waals surface area contributed by atoms with Gasteiger partial charge in [0.25, 0.3) is 5.69 Å². The van der Waals surface area contributed by atoms with E-state index < -0.39 is 11.0 Å². The molecule has 0 radical (unpaired) electrons. The lowest BCUT2D eigenvalue weighted by Crippen LogP contribution is -2.23. The minimum atomic E-state index is -1.05. The van der Waals surface area contributed by atoms with E-state index in [9.17, 15) is 14.9 Å². The van der Waals surface area contributed by atoms with Gasteiger partial charge in [-0.25, -0.2) is 4.79 Å². The molecule has 7 nitrogen and oxygen atoms in total. The molecule has 0 aliphatic carbocycles. The lowest BCUT2D eigenvalue weighted by molar-refractivity contribution is -0.387. The number of para-hydroxylation sites is 1. The van der Waals surface area contributed by atoms with Crippen molar-refractivity contribution in [1.29, 1.82) is 0 Å². The molecule has 0 bridgehead atoms. The molecule has 1 aromatic heterocycles. The largest absolute Gasteiger partial charge is 0.465 e. The summed E-state index contributed by atoms with van der Waals surface area (Å²) in [5, 5.41) is 21.0. The number of H-pyrrole nitrogens is 1. The molecule has 0 aliphatic rings. The Balaban J connectivity index is 1.97. The first-order valence-corrected chi connectivity index (χ1v) is 7.78. The maximum atomic E-state index is 11.1. The van der Waals surface area contributed by atoms with Crippen molar-refractivity contribution in [2.24, 2.45) is 0 Å². The van der Waals surface area contributed by atoms with Crippen LogP contribution in [0.3, 0.4) is 0 Å². The monoisotopic (exact) mass is 343 g/mol. The molecule has 3 aromatic rings. The van der Waals surface area contributed by atoms with Crippen LogP contribution in [0.4, 0.5) is 16.2 Å². The number of nitrogens with zero attached hydrogens (tertiary/aromatic N) is 2. The first kappa shape index (κ1) is 15.9. The number of aromatic nitrogens is 1. The highest BCUT2D eigenvalue weighted by atomic mass is 32.2. The Hall–Kier alpha value is -3.00. The standard InChI is InChI=1S/C16H13N3O4S/c1-18(16(20)21)10-6-7-11-12(8-10)17-9-15(11)24-14-5-3-2-4-13(14)19(22)23/h2-9,17H,1H3,(H,20,21). The second-order valence-electron chi connectivity index (χ2n) is 5.05. The second-order valence-corrected chi connectivity index (χ2v) is 6.14. The van der Waals surface area contributed by atoms with Gasteiger partial charge in [-0.05, 0) is 24.3 Å². The summed E-state index contributed by atoms with van der Waals surface area (Å²) < 4.78 is 0. The Morgan fingerprint density at radius 2 is 2.00 bits per heavy atom. The first-order chi connectivity index (χ1) is 11.5. The van der Waals surface area contributed by atoms with Crippen LogP contribution in [0.2, 0.25) is 0 Å². The Bertz CT molecular complexity index is 938. The van der Waals surface area contributed by atoms with Gasteiger partial charge in [-0.2, -0.15) is 0 Å². The number of carboxylic acid groups (broad SMARTS) is 1. The molecule has 0 saturated heterocycles. The fourth-order valence-electron chi connectivity index (χ4n) is 2.30. The number of rotatable bonds is 4. The van der Waals surface area contributed by atoms with E-state index in [2.05, 4.69) is 4.98 Å². The van der Waals surface area contributed by atoms with E-state index in [1.54, 1.807) is 42.6 Å². The molecule has 1 heterocycles. The molecule has 8 heteroatoms. The SMILES string of the molecule is CN(C(=O)O)c1ccc2c(Sc3ccccc3[N+](=O)[O-])c[nH]c2c1. The Labute approximate surface area is 141 Å². The van der Waals surface area contributed by atoms with Crippen molar-refractivity contribution in [2.45, 2.75) is 9.79 Å². The summed E-state index contributed by atoms with van der Waals surface area (Å²) in [5.74, 6) is 0. The molecule has 2 aromatic carbocycles. The lowest BCUT2D eigenvalue weighted by Gasteiger charge is -2.12. The van der Waals surface area contributed by atoms with E-state index in [0.717, 1.165) is 20.7 Å². The smallest absolute Gasteiger partial charge is 0.411 e. The molecular weight excluding hydrogens is 330 g/mol. The molecule has 0 fully saturated rings. The number of hydrogen-bond donors (Lipinski definition) is 2. The van der Waals surface area contributed by atoms with Crippen molar-refractivity contribution in [3.05, 3.63) is 58.8 Å². The summed E-state index contributed by atoms with van der Waals surface area (Å²) in [4.78, 5) is 27.3. The molecule has 2 N–H and O–H groups in total. The number of carbonyl (C=O) groups is 1. The number of hydrogen-bond acceptors (Lipinski definition) is 4. The number of fused-ring (bicyclic) bond motifs is 1. The third kappa shape index (κ3) is 2.91. The molecule has 0 atom stereocenters. The number of nitro groups is 1.